The van der Waals surface area contributed by atoms with Gasteiger partial charge in [0, 0.05) is 27.7 Å². The molecule has 0 spiro atoms. The molecule has 2 heterocycles. The summed E-state index contributed by atoms with van der Waals surface area (Å²) < 4.78 is 36.4. The van der Waals surface area contributed by atoms with Crippen LogP contribution in [0.5, 0.6) is 0 Å². The molecule has 0 fully saturated rings. The first-order chi connectivity index (χ1) is 12.8. The van der Waals surface area contributed by atoms with Gasteiger partial charge in [-0.3, -0.25) is 0 Å². The van der Waals surface area contributed by atoms with Crippen LogP contribution < -0.4 is 4.90 Å². The minimum Gasteiger partial charge on any atom is -0.438 e. The maximum absolute atomic E-state index is 12.1. The second-order valence-electron chi connectivity index (χ2n) is 6.03. The SMILES string of the molecule is CN(Cc1ccccc1)c1oc(-c2ccc(S(=O)(=O)N(C)C)o2)nc1C#N. The molecular weight excluding hydrogens is 368 g/mol. The van der Waals surface area contributed by atoms with Gasteiger partial charge in [0.05, 0.1) is 0 Å². The number of sulfonamides is 1. The highest BCUT2D eigenvalue weighted by Crippen LogP contribution is 2.30. The lowest BCUT2D eigenvalue weighted by Gasteiger charge is -2.15. The number of rotatable bonds is 6. The van der Waals surface area contributed by atoms with E-state index in [4.69, 9.17) is 8.83 Å². The van der Waals surface area contributed by atoms with Crippen molar-refractivity contribution < 1.29 is 17.3 Å². The number of anilines is 1. The summed E-state index contributed by atoms with van der Waals surface area (Å²) in [4.78, 5) is 5.89. The van der Waals surface area contributed by atoms with E-state index < -0.39 is 10.0 Å². The van der Waals surface area contributed by atoms with E-state index in [1.807, 2.05) is 36.4 Å². The molecule has 0 saturated heterocycles. The lowest BCUT2D eigenvalue weighted by molar-refractivity contribution is 0.422. The number of oxazole rings is 1. The molecule has 8 nitrogen and oxygen atoms in total. The molecule has 0 amide bonds. The van der Waals surface area contributed by atoms with Gasteiger partial charge < -0.3 is 13.7 Å². The topological polar surface area (TPSA) is 104 Å². The van der Waals surface area contributed by atoms with E-state index in [0.717, 1.165) is 9.87 Å². The van der Waals surface area contributed by atoms with Gasteiger partial charge in [0.25, 0.3) is 15.9 Å². The molecule has 0 aliphatic rings. The standard InChI is InChI=1S/C18H18N4O4S/c1-21(2)27(23,24)16-10-9-15(25-16)17-20-14(11-19)18(26-17)22(3)12-13-7-5-4-6-8-13/h4-10H,12H2,1-3H3. The Morgan fingerprint density at radius 2 is 1.78 bits per heavy atom. The third kappa shape index (κ3) is 3.72. The van der Waals surface area contributed by atoms with Gasteiger partial charge in [-0.05, 0) is 17.7 Å². The summed E-state index contributed by atoms with van der Waals surface area (Å²) in [5, 5.41) is 9.14. The second kappa shape index (κ2) is 7.26. The minimum absolute atomic E-state index is 0.0432. The van der Waals surface area contributed by atoms with Gasteiger partial charge in [-0.15, -0.1) is 0 Å². The van der Waals surface area contributed by atoms with Crippen LogP contribution in [-0.4, -0.2) is 38.9 Å². The molecule has 0 aliphatic carbocycles. The van der Waals surface area contributed by atoms with Gasteiger partial charge in [0.15, 0.2) is 5.76 Å². The molecule has 0 bridgehead atoms. The van der Waals surface area contributed by atoms with Crippen LogP contribution in [0.1, 0.15) is 11.3 Å². The number of nitriles is 1. The van der Waals surface area contributed by atoms with Crippen LogP contribution in [0.25, 0.3) is 11.7 Å². The molecule has 0 N–H and O–H groups in total. The van der Waals surface area contributed by atoms with E-state index >= 15 is 0 Å². The number of benzene rings is 1. The Hall–Kier alpha value is -3.09. The van der Waals surface area contributed by atoms with E-state index in [2.05, 4.69) is 4.98 Å². The molecule has 0 unspecified atom stereocenters. The van der Waals surface area contributed by atoms with E-state index in [1.165, 1.54) is 26.2 Å². The Bertz CT molecular complexity index is 1080. The molecule has 0 radical (unpaired) electrons. The van der Waals surface area contributed by atoms with Crippen LogP contribution in [0.3, 0.4) is 0 Å². The predicted molar refractivity (Wildman–Crippen MR) is 98.3 cm³/mol. The maximum atomic E-state index is 12.1. The third-order valence-corrected chi connectivity index (χ3v) is 5.54. The summed E-state index contributed by atoms with van der Waals surface area (Å²) in [7, 11) is 0.891. The summed E-state index contributed by atoms with van der Waals surface area (Å²) in [6.07, 6.45) is 0. The smallest absolute Gasteiger partial charge is 0.275 e. The van der Waals surface area contributed by atoms with Crippen LogP contribution in [0.15, 0.2) is 56.4 Å². The van der Waals surface area contributed by atoms with Crippen molar-refractivity contribution in [2.45, 2.75) is 11.6 Å². The van der Waals surface area contributed by atoms with Gasteiger partial charge in [0.1, 0.15) is 6.07 Å². The van der Waals surface area contributed by atoms with Crippen LogP contribution in [0, 0.1) is 11.3 Å². The highest BCUT2D eigenvalue weighted by atomic mass is 32.2. The van der Waals surface area contributed by atoms with Gasteiger partial charge in [-0.1, -0.05) is 30.3 Å². The molecule has 140 valence electrons. The zero-order valence-corrected chi connectivity index (χ0v) is 15.9. The van der Waals surface area contributed by atoms with Crippen molar-refractivity contribution in [2.75, 3.05) is 26.0 Å². The third-order valence-electron chi connectivity index (χ3n) is 3.85. The molecule has 2 aromatic heterocycles. The van der Waals surface area contributed by atoms with Gasteiger partial charge in [0.2, 0.25) is 16.7 Å². The fourth-order valence-electron chi connectivity index (χ4n) is 2.43. The van der Waals surface area contributed by atoms with Gasteiger partial charge >= 0.3 is 0 Å². The Labute approximate surface area is 157 Å². The fraction of sp³-hybridized carbons (Fsp3) is 0.222. The van der Waals surface area contributed by atoms with Crippen molar-refractivity contribution >= 4 is 15.9 Å². The summed E-state index contributed by atoms with van der Waals surface area (Å²) in [6.45, 7) is 0.516. The van der Waals surface area contributed by atoms with Crippen molar-refractivity contribution in [3.63, 3.8) is 0 Å². The Morgan fingerprint density at radius 1 is 1.07 bits per heavy atom. The van der Waals surface area contributed by atoms with Gasteiger partial charge in [-0.25, -0.2) is 12.7 Å². The highest BCUT2D eigenvalue weighted by molar-refractivity contribution is 7.88. The number of hydrogen-bond acceptors (Lipinski definition) is 7. The molecule has 1 aromatic carbocycles. The summed E-state index contributed by atoms with van der Waals surface area (Å²) in [5.41, 5.74) is 1.14. The van der Waals surface area contributed by atoms with Crippen LogP contribution in [0.4, 0.5) is 5.88 Å². The first-order valence-corrected chi connectivity index (χ1v) is 9.45. The fourth-order valence-corrected chi connectivity index (χ4v) is 3.23. The second-order valence-corrected chi connectivity index (χ2v) is 8.12. The number of aromatic nitrogens is 1. The van der Waals surface area contributed by atoms with Crippen molar-refractivity contribution in [1.82, 2.24) is 9.29 Å². The van der Waals surface area contributed by atoms with E-state index in [-0.39, 0.29) is 28.3 Å². The molecule has 0 atom stereocenters. The van der Waals surface area contributed by atoms with Crippen molar-refractivity contribution in [2.24, 2.45) is 0 Å². The van der Waals surface area contributed by atoms with E-state index in [9.17, 15) is 13.7 Å². The Morgan fingerprint density at radius 3 is 2.41 bits per heavy atom. The number of nitrogens with zero attached hydrogens (tertiary/aromatic N) is 4. The van der Waals surface area contributed by atoms with Crippen LogP contribution in [0.2, 0.25) is 0 Å². The molecular formula is C18H18N4O4S. The normalized spacial score (nSPS) is 11.5. The molecule has 27 heavy (non-hydrogen) atoms. The Balaban J connectivity index is 1.91. The zero-order valence-electron chi connectivity index (χ0n) is 15.1. The number of hydrogen-bond donors (Lipinski definition) is 0. The summed E-state index contributed by atoms with van der Waals surface area (Å²) >= 11 is 0. The zero-order chi connectivity index (χ0) is 19.6. The van der Waals surface area contributed by atoms with Crippen molar-refractivity contribution in [3.8, 4) is 17.7 Å². The molecule has 3 rings (SSSR count). The quantitative estimate of drug-likeness (QED) is 0.641. The lowest BCUT2D eigenvalue weighted by Crippen LogP contribution is -2.21. The average Bonchev–Trinajstić information content (AvgIpc) is 3.29. The monoisotopic (exact) mass is 386 g/mol. The van der Waals surface area contributed by atoms with Crippen LogP contribution >= 0.6 is 0 Å². The number of furan rings is 1. The first-order valence-electron chi connectivity index (χ1n) is 8.01. The maximum Gasteiger partial charge on any atom is 0.275 e. The molecule has 0 aliphatic heterocycles. The molecule has 0 saturated carbocycles. The summed E-state index contributed by atoms with van der Waals surface area (Å²) in [5.74, 6) is 0.456. The van der Waals surface area contributed by atoms with Crippen LogP contribution in [-0.2, 0) is 16.6 Å². The minimum atomic E-state index is -3.71. The average molecular weight is 386 g/mol. The molecule has 9 heteroatoms. The largest absolute Gasteiger partial charge is 0.438 e. The van der Waals surface area contributed by atoms with Gasteiger partial charge in [-0.2, -0.15) is 10.2 Å². The highest BCUT2D eigenvalue weighted by Gasteiger charge is 2.25. The van der Waals surface area contributed by atoms with Crippen molar-refractivity contribution in [3.05, 3.63) is 53.7 Å². The van der Waals surface area contributed by atoms with E-state index in [1.54, 1.807) is 11.9 Å². The molecule has 3 aromatic rings. The van der Waals surface area contributed by atoms with Crippen molar-refractivity contribution in [1.29, 1.82) is 5.26 Å². The van der Waals surface area contributed by atoms with E-state index in [0.29, 0.717) is 6.54 Å². The lowest BCUT2D eigenvalue weighted by atomic mass is 10.2. The first kappa shape index (κ1) is 18.7. The Kier molecular flexibility index (Phi) is 5.03. The summed E-state index contributed by atoms with van der Waals surface area (Å²) in [6, 6.07) is 14.5. The predicted octanol–water partition coefficient (Wildman–Crippen LogP) is 2.69.